The van der Waals surface area contributed by atoms with E-state index in [1.54, 1.807) is 0 Å². The summed E-state index contributed by atoms with van der Waals surface area (Å²) in [4.78, 5) is 10.5. The van der Waals surface area contributed by atoms with Gasteiger partial charge in [0.1, 0.15) is 0 Å². The van der Waals surface area contributed by atoms with Crippen molar-refractivity contribution in [2.45, 2.75) is 13.1 Å². The zero-order valence-electron chi connectivity index (χ0n) is 6.31. The van der Waals surface area contributed by atoms with Gasteiger partial charge in [-0.1, -0.05) is 0 Å². The van der Waals surface area contributed by atoms with Crippen LogP contribution in [-0.2, 0) is 9.53 Å². The van der Waals surface area contributed by atoms with Gasteiger partial charge in [0.15, 0.2) is 0 Å². The van der Waals surface area contributed by atoms with Gasteiger partial charge in [0.2, 0.25) is 0 Å². The average molecular weight is 244 g/mol. The van der Waals surface area contributed by atoms with Gasteiger partial charge in [-0.05, 0) is 0 Å². The molecule has 0 bridgehead atoms. The summed E-state index contributed by atoms with van der Waals surface area (Å²) in [5.41, 5.74) is 0. The monoisotopic (exact) mass is 244 g/mol. The molecule has 1 unspecified atom stereocenters. The molecule has 0 fully saturated rings. The standard InChI is InChI=1S/C6H8AsF3O2/c1-2-12-5(11)3-4(7)6(8,9)10/h3H,2,7H2,1H3. The van der Waals surface area contributed by atoms with Crippen LogP contribution in [0.5, 0.6) is 0 Å². The Morgan fingerprint density at radius 1 is 1.58 bits per heavy atom. The van der Waals surface area contributed by atoms with Crippen LogP contribution in [0.25, 0.3) is 0 Å². The number of esters is 1. The minimum absolute atomic E-state index is 0.0769. The number of hydrogen-bond donors (Lipinski definition) is 0. The van der Waals surface area contributed by atoms with Gasteiger partial charge in [0.05, 0.1) is 0 Å². The van der Waals surface area contributed by atoms with Crippen LogP contribution >= 0.6 is 0 Å². The molecular formula is C6H8AsF3O2. The molecule has 0 radical (unpaired) electrons. The first kappa shape index (κ1) is 11.6. The van der Waals surface area contributed by atoms with E-state index >= 15 is 0 Å². The molecule has 2 nitrogen and oxygen atoms in total. The fraction of sp³-hybridized carbons (Fsp3) is 0.500. The van der Waals surface area contributed by atoms with E-state index in [2.05, 4.69) is 4.74 Å². The Bertz CT molecular complexity index is 197. The van der Waals surface area contributed by atoms with E-state index in [-0.39, 0.29) is 6.61 Å². The van der Waals surface area contributed by atoms with Crippen molar-refractivity contribution in [3.05, 3.63) is 10.4 Å². The van der Waals surface area contributed by atoms with E-state index in [1.807, 2.05) is 0 Å². The van der Waals surface area contributed by atoms with Crippen molar-refractivity contribution in [1.29, 1.82) is 0 Å². The van der Waals surface area contributed by atoms with Gasteiger partial charge in [-0.3, -0.25) is 0 Å². The summed E-state index contributed by atoms with van der Waals surface area (Å²) in [6.07, 6.45) is -3.96. The second-order valence-electron chi connectivity index (χ2n) is 1.85. The molecule has 70 valence electrons. The second-order valence-corrected chi connectivity index (χ2v) is 3.15. The number of allylic oxidation sites excluding steroid dienone is 1. The summed E-state index contributed by atoms with van der Waals surface area (Å²) in [6.45, 7) is 1.60. The first-order valence-corrected chi connectivity index (χ1v) is 4.30. The summed E-state index contributed by atoms with van der Waals surface area (Å²) in [6, 6.07) is 0. The molecule has 0 N–H and O–H groups in total. The Labute approximate surface area is 76.3 Å². The number of carbonyl (C=O) groups excluding carboxylic acids is 1. The minimum atomic E-state index is -4.42. The number of carbonyl (C=O) groups is 1. The molecule has 0 rings (SSSR count). The van der Waals surface area contributed by atoms with Crippen LogP contribution in [0.3, 0.4) is 0 Å². The molecule has 0 amide bonds. The third kappa shape index (κ3) is 4.44. The average Bonchev–Trinajstić information content (AvgIpc) is 1.85. The number of rotatable bonds is 2. The van der Waals surface area contributed by atoms with Crippen molar-refractivity contribution in [3.63, 3.8) is 0 Å². The molecule has 1 atom stereocenters. The number of alkyl halides is 3. The van der Waals surface area contributed by atoms with Crippen molar-refractivity contribution in [1.82, 2.24) is 0 Å². The van der Waals surface area contributed by atoms with Gasteiger partial charge in [-0.25, -0.2) is 0 Å². The van der Waals surface area contributed by atoms with E-state index < -0.39 is 16.5 Å². The second kappa shape index (κ2) is 4.55. The fourth-order valence-corrected chi connectivity index (χ4v) is 0.678. The number of hydrogen-bond acceptors (Lipinski definition) is 2. The molecule has 12 heavy (non-hydrogen) atoms. The Hall–Kier alpha value is -0.442. The van der Waals surface area contributed by atoms with Crippen LogP contribution in [0.2, 0.25) is 0 Å². The van der Waals surface area contributed by atoms with Crippen LogP contribution in [0.4, 0.5) is 13.2 Å². The van der Waals surface area contributed by atoms with Gasteiger partial charge >= 0.3 is 75.7 Å². The molecule has 0 spiro atoms. The zero-order valence-corrected chi connectivity index (χ0v) is 8.73. The Morgan fingerprint density at radius 2 is 2.08 bits per heavy atom. The van der Waals surface area contributed by atoms with Crippen LogP contribution in [0, 0.1) is 0 Å². The molecular weight excluding hydrogens is 236 g/mol. The molecule has 0 aliphatic rings. The van der Waals surface area contributed by atoms with Gasteiger partial charge in [-0.15, -0.1) is 0 Å². The third-order valence-electron chi connectivity index (χ3n) is 0.887. The molecule has 0 aromatic rings. The van der Waals surface area contributed by atoms with E-state index in [4.69, 9.17) is 0 Å². The summed E-state index contributed by atoms with van der Waals surface area (Å²) >= 11 is 0.354. The van der Waals surface area contributed by atoms with Crippen molar-refractivity contribution < 1.29 is 22.7 Å². The Balaban J connectivity index is 4.26. The van der Waals surface area contributed by atoms with E-state index in [1.165, 1.54) is 6.92 Å². The van der Waals surface area contributed by atoms with Crippen LogP contribution < -0.4 is 0 Å². The third-order valence-corrected chi connectivity index (χ3v) is 1.92. The zero-order chi connectivity index (χ0) is 9.78. The maximum atomic E-state index is 11.8. The SMILES string of the molecule is CCOC(=O)C=C([AsH2])C(F)(F)F. The van der Waals surface area contributed by atoms with Gasteiger partial charge in [-0.2, -0.15) is 0 Å². The van der Waals surface area contributed by atoms with E-state index in [9.17, 15) is 18.0 Å². The van der Waals surface area contributed by atoms with Crippen LogP contribution in [0.15, 0.2) is 10.4 Å². The Morgan fingerprint density at radius 3 is 2.42 bits per heavy atom. The fourth-order valence-electron chi connectivity index (χ4n) is 0.393. The summed E-state index contributed by atoms with van der Waals surface area (Å²) in [5.74, 6) is -0.950. The summed E-state index contributed by atoms with van der Waals surface area (Å²) in [5, 5.41) is 0. The van der Waals surface area contributed by atoms with Crippen molar-refractivity contribution in [2.75, 3.05) is 6.61 Å². The molecule has 0 aromatic carbocycles. The van der Waals surface area contributed by atoms with Crippen molar-refractivity contribution >= 4 is 22.8 Å². The predicted molar refractivity (Wildman–Crippen MR) is 39.3 cm³/mol. The molecule has 0 saturated heterocycles. The first-order chi connectivity index (χ1) is 5.38. The Kier molecular flexibility index (Phi) is 4.38. The quantitative estimate of drug-likeness (QED) is 0.404. The normalized spacial score (nSPS) is 12.9. The van der Waals surface area contributed by atoms with Gasteiger partial charge < -0.3 is 0 Å². The van der Waals surface area contributed by atoms with Crippen molar-refractivity contribution in [3.8, 4) is 0 Å². The predicted octanol–water partition coefficient (Wildman–Crippen LogP) is 0.629. The number of halogens is 3. The summed E-state index contributed by atoms with van der Waals surface area (Å²) in [7, 11) is 0. The number of ether oxygens (including phenoxy) is 1. The molecule has 0 heterocycles. The van der Waals surface area contributed by atoms with E-state index in [0.717, 1.165) is 0 Å². The molecule has 0 aromatic heterocycles. The van der Waals surface area contributed by atoms with Crippen LogP contribution in [-0.4, -0.2) is 35.6 Å². The maximum absolute atomic E-state index is 11.8. The first-order valence-electron chi connectivity index (χ1n) is 3.09. The van der Waals surface area contributed by atoms with Gasteiger partial charge in [0.25, 0.3) is 0 Å². The molecule has 0 aliphatic carbocycles. The summed E-state index contributed by atoms with van der Waals surface area (Å²) < 4.78 is 38.8. The van der Waals surface area contributed by atoms with Crippen molar-refractivity contribution in [2.24, 2.45) is 0 Å². The van der Waals surface area contributed by atoms with E-state index in [0.29, 0.717) is 22.9 Å². The molecule has 0 aliphatic heterocycles. The topological polar surface area (TPSA) is 26.3 Å². The molecule has 0 saturated carbocycles. The van der Waals surface area contributed by atoms with Gasteiger partial charge in [0, 0.05) is 0 Å². The van der Waals surface area contributed by atoms with Crippen LogP contribution in [0.1, 0.15) is 6.92 Å². The molecule has 6 heteroatoms.